The molecule has 0 aliphatic heterocycles. The molecular formula is C23H30O3. The molecule has 2 N–H and O–H groups in total. The molecule has 1 aliphatic rings. The summed E-state index contributed by atoms with van der Waals surface area (Å²) in [7, 11) is 0. The number of carboxylic acid groups (broad SMARTS) is 1. The molecule has 0 radical (unpaired) electrons. The lowest BCUT2D eigenvalue weighted by Crippen LogP contribution is -2.26. The zero-order valence-electron chi connectivity index (χ0n) is 16.7. The third kappa shape index (κ3) is 6.87. The SMILES string of the molecule is CC1=C=C(C)[C@@](C)(O)CC/C(C)=C1/C=C/C(C)=C/C=C/C(C)=C/C(=O)O. The molecule has 26 heavy (non-hydrogen) atoms. The van der Waals surface area contributed by atoms with Gasteiger partial charge in [-0.15, -0.1) is 5.73 Å². The van der Waals surface area contributed by atoms with Gasteiger partial charge in [-0.3, -0.25) is 0 Å². The summed E-state index contributed by atoms with van der Waals surface area (Å²) in [6.45, 7) is 11.6. The van der Waals surface area contributed by atoms with Crippen LogP contribution in [-0.2, 0) is 4.79 Å². The van der Waals surface area contributed by atoms with Crippen molar-refractivity contribution in [3.63, 3.8) is 0 Å². The summed E-state index contributed by atoms with van der Waals surface area (Å²) < 4.78 is 0. The molecule has 1 aliphatic carbocycles. The van der Waals surface area contributed by atoms with Crippen LogP contribution < -0.4 is 0 Å². The number of carbonyl (C=O) groups is 1. The first kappa shape index (κ1) is 21.7. The average Bonchev–Trinajstić information content (AvgIpc) is 2.51. The van der Waals surface area contributed by atoms with Gasteiger partial charge in [0.25, 0.3) is 0 Å². The van der Waals surface area contributed by atoms with E-state index in [-0.39, 0.29) is 0 Å². The molecule has 0 heterocycles. The van der Waals surface area contributed by atoms with Crippen LogP contribution in [0, 0.1) is 0 Å². The molecule has 0 fully saturated rings. The monoisotopic (exact) mass is 354 g/mol. The summed E-state index contributed by atoms with van der Waals surface area (Å²) in [5, 5.41) is 19.2. The molecule has 3 nitrogen and oxygen atoms in total. The van der Waals surface area contributed by atoms with Crippen molar-refractivity contribution in [1.29, 1.82) is 0 Å². The zero-order chi connectivity index (χ0) is 19.9. The summed E-state index contributed by atoms with van der Waals surface area (Å²) in [4.78, 5) is 10.6. The summed E-state index contributed by atoms with van der Waals surface area (Å²) in [6.07, 6.45) is 12.4. The van der Waals surface area contributed by atoms with Gasteiger partial charge in [0.2, 0.25) is 0 Å². The highest BCUT2D eigenvalue weighted by molar-refractivity contribution is 5.81. The highest BCUT2D eigenvalue weighted by atomic mass is 16.4. The van der Waals surface area contributed by atoms with Crippen LogP contribution in [0.2, 0.25) is 0 Å². The molecule has 0 saturated heterocycles. The summed E-state index contributed by atoms with van der Waals surface area (Å²) in [6, 6.07) is 0. The van der Waals surface area contributed by atoms with Crippen molar-refractivity contribution in [2.24, 2.45) is 0 Å². The first-order chi connectivity index (χ1) is 12.0. The minimum absolute atomic E-state index is 0.690. The van der Waals surface area contributed by atoms with Gasteiger partial charge in [-0.05, 0) is 71.1 Å². The summed E-state index contributed by atoms with van der Waals surface area (Å²) in [5.41, 5.74) is 8.56. The Morgan fingerprint density at radius 1 is 1.15 bits per heavy atom. The van der Waals surface area contributed by atoms with E-state index < -0.39 is 11.6 Å². The van der Waals surface area contributed by atoms with Crippen LogP contribution in [0.5, 0.6) is 0 Å². The fourth-order valence-electron chi connectivity index (χ4n) is 2.69. The minimum atomic E-state index is -0.941. The normalized spacial score (nSPS) is 26.0. The lowest BCUT2D eigenvalue weighted by Gasteiger charge is -2.25. The number of hydrogen-bond donors (Lipinski definition) is 2. The van der Waals surface area contributed by atoms with Gasteiger partial charge < -0.3 is 10.2 Å². The Balaban J connectivity index is 3.05. The van der Waals surface area contributed by atoms with Crippen molar-refractivity contribution in [3.8, 4) is 0 Å². The predicted octanol–water partition coefficient (Wildman–Crippen LogP) is 5.43. The van der Waals surface area contributed by atoms with Gasteiger partial charge in [0.1, 0.15) is 0 Å². The molecule has 1 rings (SSSR count). The summed E-state index contributed by atoms with van der Waals surface area (Å²) >= 11 is 0. The predicted molar refractivity (Wildman–Crippen MR) is 108 cm³/mol. The van der Waals surface area contributed by atoms with Crippen LogP contribution in [0.15, 0.2) is 75.6 Å². The third-order valence-corrected chi connectivity index (χ3v) is 4.62. The van der Waals surface area contributed by atoms with Crippen molar-refractivity contribution in [3.05, 3.63) is 75.6 Å². The fraction of sp³-hybridized carbons (Fsp3) is 0.391. The highest BCUT2D eigenvalue weighted by Gasteiger charge is 2.24. The van der Waals surface area contributed by atoms with Gasteiger partial charge >= 0.3 is 5.97 Å². The Hall–Kier alpha value is -2.35. The van der Waals surface area contributed by atoms with Crippen LogP contribution in [0.1, 0.15) is 54.4 Å². The standard InChI is InChI=1S/C23H30O3/c1-16(8-7-9-17(2)14-22(24)25)10-11-21-18(3)12-13-23(6,26)20(5)15-19(21)4/h7-11,14,26H,12-13H2,1-6H3,(H,24,25)/b9-7+,11-10+,16-8+,17-14+,21-18-/t15?,23-/m0/s1. The van der Waals surface area contributed by atoms with E-state index in [1.54, 1.807) is 13.0 Å². The Bertz CT molecular complexity index is 774. The van der Waals surface area contributed by atoms with Crippen LogP contribution >= 0.6 is 0 Å². The van der Waals surface area contributed by atoms with Gasteiger partial charge in [0.05, 0.1) is 5.60 Å². The van der Waals surface area contributed by atoms with E-state index in [2.05, 4.69) is 18.7 Å². The van der Waals surface area contributed by atoms with E-state index in [1.165, 1.54) is 11.6 Å². The summed E-state index contributed by atoms with van der Waals surface area (Å²) in [5.74, 6) is -0.941. The topological polar surface area (TPSA) is 57.5 Å². The second kappa shape index (κ2) is 9.38. The van der Waals surface area contributed by atoms with Crippen molar-refractivity contribution < 1.29 is 15.0 Å². The first-order valence-electron chi connectivity index (χ1n) is 8.84. The van der Waals surface area contributed by atoms with E-state index in [1.807, 2.05) is 45.9 Å². The number of aliphatic carboxylic acids is 1. The van der Waals surface area contributed by atoms with E-state index in [4.69, 9.17) is 5.11 Å². The number of carboxylic acids is 1. The van der Waals surface area contributed by atoms with Gasteiger partial charge in [0, 0.05) is 11.6 Å². The first-order valence-corrected chi connectivity index (χ1v) is 8.84. The van der Waals surface area contributed by atoms with Crippen molar-refractivity contribution in [1.82, 2.24) is 0 Å². The lowest BCUT2D eigenvalue weighted by atomic mass is 9.85. The van der Waals surface area contributed by atoms with Crippen molar-refractivity contribution in [2.45, 2.75) is 60.0 Å². The molecule has 0 aromatic carbocycles. The quantitative estimate of drug-likeness (QED) is 0.393. The van der Waals surface area contributed by atoms with Crippen molar-refractivity contribution >= 4 is 5.97 Å². The molecule has 1 atom stereocenters. The van der Waals surface area contributed by atoms with Crippen LogP contribution in [0.3, 0.4) is 0 Å². The number of allylic oxidation sites excluding steroid dienone is 9. The number of hydrogen-bond acceptors (Lipinski definition) is 2. The molecule has 0 unspecified atom stereocenters. The lowest BCUT2D eigenvalue weighted by molar-refractivity contribution is -0.131. The van der Waals surface area contributed by atoms with E-state index >= 15 is 0 Å². The molecule has 0 aromatic rings. The highest BCUT2D eigenvalue weighted by Crippen LogP contribution is 2.30. The average molecular weight is 354 g/mol. The van der Waals surface area contributed by atoms with Gasteiger partial charge in [0.15, 0.2) is 0 Å². The molecule has 0 amide bonds. The van der Waals surface area contributed by atoms with Crippen LogP contribution in [0.4, 0.5) is 0 Å². The second-order valence-electron chi connectivity index (χ2n) is 7.17. The number of aliphatic hydroxyl groups is 1. The van der Waals surface area contributed by atoms with Crippen molar-refractivity contribution in [2.75, 3.05) is 0 Å². The maximum atomic E-state index is 10.6. The van der Waals surface area contributed by atoms with Gasteiger partial charge in [-0.2, -0.15) is 0 Å². The van der Waals surface area contributed by atoms with Gasteiger partial charge in [-0.1, -0.05) is 41.5 Å². The minimum Gasteiger partial charge on any atom is -0.478 e. The molecule has 140 valence electrons. The fourth-order valence-corrected chi connectivity index (χ4v) is 2.69. The van der Waals surface area contributed by atoms with Gasteiger partial charge in [-0.25, -0.2) is 4.79 Å². The molecule has 0 bridgehead atoms. The largest absolute Gasteiger partial charge is 0.478 e. The van der Waals surface area contributed by atoms with E-state index in [9.17, 15) is 9.90 Å². The third-order valence-electron chi connectivity index (χ3n) is 4.62. The maximum absolute atomic E-state index is 10.6. The van der Waals surface area contributed by atoms with Crippen LogP contribution in [0.25, 0.3) is 0 Å². The Labute approximate surface area is 157 Å². The number of rotatable bonds is 5. The Morgan fingerprint density at radius 2 is 1.81 bits per heavy atom. The zero-order valence-corrected chi connectivity index (χ0v) is 16.7. The Morgan fingerprint density at radius 3 is 2.42 bits per heavy atom. The molecule has 0 spiro atoms. The smallest absolute Gasteiger partial charge is 0.328 e. The molecule has 3 heteroatoms. The molecule has 0 aromatic heterocycles. The van der Waals surface area contributed by atoms with E-state index in [0.717, 1.165) is 28.7 Å². The molecular weight excluding hydrogens is 324 g/mol. The Kier molecular flexibility index (Phi) is 7.82. The van der Waals surface area contributed by atoms with E-state index in [0.29, 0.717) is 12.0 Å². The maximum Gasteiger partial charge on any atom is 0.328 e. The van der Waals surface area contributed by atoms with Crippen LogP contribution in [-0.4, -0.2) is 21.8 Å². The molecule has 0 saturated carbocycles. The second-order valence-corrected chi connectivity index (χ2v) is 7.17.